The number of nitrogens with one attached hydrogen (secondary N) is 1. The van der Waals surface area contributed by atoms with Gasteiger partial charge < -0.3 is 19.9 Å². The van der Waals surface area contributed by atoms with Crippen LogP contribution in [0.1, 0.15) is 41.1 Å². The van der Waals surface area contributed by atoms with Crippen LogP contribution in [0.15, 0.2) is 46.9 Å². The summed E-state index contributed by atoms with van der Waals surface area (Å²) in [5.41, 5.74) is 3.24. The number of aliphatic hydroxyl groups is 2. The van der Waals surface area contributed by atoms with E-state index in [0.29, 0.717) is 16.9 Å². The van der Waals surface area contributed by atoms with E-state index in [-0.39, 0.29) is 18.9 Å². The summed E-state index contributed by atoms with van der Waals surface area (Å²) in [4.78, 5) is 13.1. The van der Waals surface area contributed by atoms with Crippen LogP contribution in [0.2, 0.25) is 0 Å². The minimum Gasteiger partial charge on any atom is -0.459 e. The van der Waals surface area contributed by atoms with Crippen molar-refractivity contribution in [2.45, 2.75) is 25.4 Å². The van der Waals surface area contributed by atoms with E-state index >= 15 is 0 Å². The Balaban J connectivity index is 1.82. The van der Waals surface area contributed by atoms with Gasteiger partial charge in [0.05, 0.1) is 18.3 Å². The molecule has 5 heteroatoms. The van der Waals surface area contributed by atoms with Crippen molar-refractivity contribution < 1.29 is 19.4 Å². The lowest BCUT2D eigenvalue weighted by atomic mass is 9.71. The van der Waals surface area contributed by atoms with Gasteiger partial charge in [-0.3, -0.25) is 4.79 Å². The van der Waals surface area contributed by atoms with Crippen molar-refractivity contribution in [2.75, 3.05) is 18.5 Å². The van der Waals surface area contributed by atoms with Crippen LogP contribution in [0.25, 0.3) is 11.0 Å². The fraction of sp³-hybridized carbons (Fsp3) is 0.286. The van der Waals surface area contributed by atoms with Crippen molar-refractivity contribution in [3.63, 3.8) is 0 Å². The molecule has 0 unspecified atom stereocenters. The summed E-state index contributed by atoms with van der Waals surface area (Å²) in [6.45, 7) is 4.03. The standard InChI is InChI=1S/C21H21NO4/c1-21(2)16-9-12(22-10-13(24)11-23)7-8-14(16)19(25)18-15-5-3-4-6-17(15)26-20(18)21/h3-9,13,22-24H,10-11H2,1-2H3/t13-/m0/s1. The molecule has 5 nitrogen and oxygen atoms in total. The van der Waals surface area contributed by atoms with Crippen LogP contribution in [0.5, 0.6) is 0 Å². The van der Waals surface area contributed by atoms with Gasteiger partial charge in [-0.25, -0.2) is 0 Å². The normalized spacial score (nSPS) is 16.2. The molecule has 0 saturated heterocycles. The molecule has 1 aromatic heterocycles. The van der Waals surface area contributed by atoms with Crippen LogP contribution >= 0.6 is 0 Å². The Kier molecular flexibility index (Phi) is 3.86. The summed E-state index contributed by atoms with van der Waals surface area (Å²) in [6.07, 6.45) is -0.831. The molecule has 4 rings (SSSR count). The zero-order valence-corrected chi connectivity index (χ0v) is 14.7. The predicted molar refractivity (Wildman–Crippen MR) is 99.8 cm³/mol. The monoisotopic (exact) mass is 351 g/mol. The first-order valence-electron chi connectivity index (χ1n) is 8.67. The topological polar surface area (TPSA) is 82.7 Å². The van der Waals surface area contributed by atoms with Crippen molar-refractivity contribution in [2.24, 2.45) is 0 Å². The highest BCUT2D eigenvalue weighted by Gasteiger charge is 2.41. The van der Waals surface area contributed by atoms with Gasteiger partial charge in [-0.05, 0) is 43.7 Å². The van der Waals surface area contributed by atoms with Crippen LogP contribution in [-0.2, 0) is 5.41 Å². The minimum absolute atomic E-state index is 0.0267. The molecular weight excluding hydrogens is 330 g/mol. The van der Waals surface area contributed by atoms with Gasteiger partial charge in [-0.2, -0.15) is 0 Å². The van der Waals surface area contributed by atoms with Gasteiger partial charge in [0.15, 0.2) is 5.78 Å². The van der Waals surface area contributed by atoms with E-state index in [1.807, 2.05) is 56.3 Å². The van der Waals surface area contributed by atoms with Crippen LogP contribution in [0.3, 0.4) is 0 Å². The molecule has 3 aromatic rings. The number of ketones is 1. The first-order chi connectivity index (χ1) is 12.4. The average Bonchev–Trinajstić information content (AvgIpc) is 3.05. The summed E-state index contributed by atoms with van der Waals surface area (Å²) < 4.78 is 6.07. The number of carbonyl (C=O) groups excluding carboxylic acids is 1. The smallest absolute Gasteiger partial charge is 0.197 e. The van der Waals surface area contributed by atoms with E-state index in [0.717, 1.165) is 22.2 Å². The molecule has 1 aliphatic rings. The van der Waals surface area contributed by atoms with E-state index in [4.69, 9.17) is 9.52 Å². The number of hydrogen-bond acceptors (Lipinski definition) is 5. The highest BCUT2D eigenvalue weighted by molar-refractivity contribution is 6.19. The lowest BCUT2D eigenvalue weighted by Crippen LogP contribution is -2.30. The molecule has 0 bridgehead atoms. The lowest BCUT2D eigenvalue weighted by Gasteiger charge is -2.31. The van der Waals surface area contributed by atoms with Crippen molar-refractivity contribution in [1.29, 1.82) is 0 Å². The molecule has 0 saturated carbocycles. The fourth-order valence-electron chi connectivity index (χ4n) is 3.64. The van der Waals surface area contributed by atoms with E-state index in [9.17, 15) is 9.90 Å². The number of para-hydroxylation sites is 1. The molecule has 0 amide bonds. The van der Waals surface area contributed by atoms with Gasteiger partial charge in [0.25, 0.3) is 0 Å². The molecule has 0 fully saturated rings. The molecule has 1 aliphatic carbocycles. The maximum absolute atomic E-state index is 13.1. The van der Waals surface area contributed by atoms with Crippen LogP contribution in [0, 0.1) is 0 Å². The molecule has 0 spiro atoms. The Morgan fingerprint density at radius 2 is 1.96 bits per heavy atom. The first-order valence-corrected chi connectivity index (χ1v) is 8.67. The molecule has 1 atom stereocenters. The Morgan fingerprint density at radius 1 is 1.19 bits per heavy atom. The quantitative estimate of drug-likeness (QED) is 0.673. The van der Waals surface area contributed by atoms with Crippen molar-refractivity contribution >= 4 is 22.4 Å². The third-order valence-corrected chi connectivity index (χ3v) is 5.08. The second kappa shape index (κ2) is 5.97. The summed E-state index contributed by atoms with van der Waals surface area (Å²) in [5.74, 6) is 0.657. The second-order valence-electron chi connectivity index (χ2n) is 7.23. The third kappa shape index (κ3) is 2.43. The average molecular weight is 351 g/mol. The predicted octanol–water partition coefficient (Wildman–Crippen LogP) is 3.07. The zero-order chi connectivity index (χ0) is 18.5. The Bertz CT molecular complexity index is 1000. The molecule has 2 aromatic carbocycles. The van der Waals surface area contributed by atoms with Gasteiger partial charge >= 0.3 is 0 Å². The molecule has 0 radical (unpaired) electrons. The first kappa shape index (κ1) is 16.8. The van der Waals surface area contributed by atoms with E-state index < -0.39 is 11.5 Å². The van der Waals surface area contributed by atoms with E-state index in [2.05, 4.69) is 5.32 Å². The van der Waals surface area contributed by atoms with Crippen molar-refractivity contribution in [3.8, 4) is 0 Å². The molecule has 26 heavy (non-hydrogen) atoms. The van der Waals surface area contributed by atoms with Crippen LogP contribution in [-0.4, -0.2) is 35.3 Å². The SMILES string of the molecule is CC1(C)c2cc(NC[C@H](O)CO)ccc2C(=O)c2c1oc1ccccc21. The number of rotatable bonds is 4. The van der Waals surface area contributed by atoms with Gasteiger partial charge in [0.2, 0.25) is 0 Å². The summed E-state index contributed by atoms with van der Waals surface area (Å²) in [6, 6.07) is 13.2. The minimum atomic E-state index is -0.831. The molecular formula is C21H21NO4. The van der Waals surface area contributed by atoms with Gasteiger partial charge in [-0.15, -0.1) is 0 Å². The number of furan rings is 1. The van der Waals surface area contributed by atoms with Crippen molar-refractivity contribution in [1.82, 2.24) is 0 Å². The lowest BCUT2D eigenvalue weighted by molar-refractivity contribution is 0.102. The number of carbonyl (C=O) groups is 1. The largest absolute Gasteiger partial charge is 0.459 e. The Morgan fingerprint density at radius 3 is 2.73 bits per heavy atom. The Labute approximate surface area is 151 Å². The van der Waals surface area contributed by atoms with E-state index in [1.54, 1.807) is 0 Å². The number of fused-ring (bicyclic) bond motifs is 4. The Hall–Kier alpha value is -2.63. The van der Waals surface area contributed by atoms with Gasteiger partial charge in [-0.1, -0.05) is 18.2 Å². The molecule has 1 heterocycles. The number of anilines is 1. The zero-order valence-electron chi connectivity index (χ0n) is 14.7. The van der Waals surface area contributed by atoms with Crippen LogP contribution < -0.4 is 5.32 Å². The summed E-state index contributed by atoms with van der Waals surface area (Å²) in [7, 11) is 0. The summed E-state index contributed by atoms with van der Waals surface area (Å²) in [5, 5.41) is 22.4. The summed E-state index contributed by atoms with van der Waals surface area (Å²) >= 11 is 0. The van der Waals surface area contributed by atoms with Gasteiger partial charge in [0, 0.05) is 28.6 Å². The molecule has 134 valence electrons. The fourth-order valence-corrected chi connectivity index (χ4v) is 3.64. The highest BCUT2D eigenvalue weighted by Crippen LogP contribution is 2.45. The number of aliphatic hydroxyl groups excluding tert-OH is 2. The van der Waals surface area contributed by atoms with Crippen molar-refractivity contribution in [3.05, 3.63) is 64.9 Å². The molecule has 3 N–H and O–H groups in total. The second-order valence-corrected chi connectivity index (χ2v) is 7.23. The molecule has 0 aliphatic heterocycles. The third-order valence-electron chi connectivity index (χ3n) is 5.08. The van der Waals surface area contributed by atoms with E-state index in [1.165, 1.54) is 0 Å². The maximum Gasteiger partial charge on any atom is 0.197 e. The van der Waals surface area contributed by atoms with Crippen LogP contribution in [0.4, 0.5) is 5.69 Å². The van der Waals surface area contributed by atoms with Gasteiger partial charge in [0.1, 0.15) is 11.3 Å². The number of benzene rings is 2. The maximum atomic E-state index is 13.1. The highest BCUT2D eigenvalue weighted by atomic mass is 16.3. The number of hydrogen-bond donors (Lipinski definition) is 3.